The highest BCUT2D eigenvalue weighted by Gasteiger charge is 2.33. The lowest BCUT2D eigenvalue weighted by Crippen LogP contribution is -2.33. The normalized spacial score (nSPS) is 16.6. The van der Waals surface area contributed by atoms with Crippen LogP contribution in [0.2, 0.25) is 0 Å². The number of nitrogens with zero attached hydrogens (tertiary/aromatic N) is 1. The van der Waals surface area contributed by atoms with E-state index < -0.39 is 18.4 Å². The summed E-state index contributed by atoms with van der Waals surface area (Å²) < 4.78 is 5.16. The van der Waals surface area contributed by atoms with Crippen LogP contribution < -0.4 is 4.74 Å². The summed E-state index contributed by atoms with van der Waals surface area (Å²) in [5.74, 6) is -1.44. The van der Waals surface area contributed by atoms with Gasteiger partial charge in [0.25, 0.3) is 5.91 Å². The zero-order chi connectivity index (χ0) is 15.6. The summed E-state index contributed by atoms with van der Waals surface area (Å²) in [5.41, 5.74) is 0.394. The largest absolute Gasteiger partial charge is 0.504 e. The molecular formula is C13H11NO5S2. The zero-order valence-corrected chi connectivity index (χ0v) is 12.5. The lowest BCUT2D eigenvalue weighted by atomic mass is 10.1. The van der Waals surface area contributed by atoms with Crippen LogP contribution in [-0.2, 0) is 9.59 Å². The minimum Gasteiger partial charge on any atom is -0.504 e. The zero-order valence-electron chi connectivity index (χ0n) is 10.9. The molecule has 2 rings (SSSR count). The van der Waals surface area contributed by atoms with Gasteiger partial charge in [-0.15, -0.1) is 0 Å². The molecule has 1 aliphatic rings. The Morgan fingerprint density at radius 2 is 2.24 bits per heavy atom. The van der Waals surface area contributed by atoms with Crippen LogP contribution in [0.1, 0.15) is 5.56 Å². The first-order chi connectivity index (χ1) is 9.93. The molecule has 0 spiro atoms. The minimum atomic E-state index is -1.14. The Morgan fingerprint density at radius 3 is 2.86 bits per heavy atom. The van der Waals surface area contributed by atoms with Gasteiger partial charge in [0.1, 0.15) is 10.9 Å². The van der Waals surface area contributed by atoms with E-state index in [0.717, 1.165) is 16.7 Å². The maximum Gasteiger partial charge on any atom is 0.323 e. The third-order valence-corrected chi connectivity index (χ3v) is 4.08. The predicted molar refractivity (Wildman–Crippen MR) is 82.2 cm³/mol. The Labute approximate surface area is 130 Å². The Balaban J connectivity index is 2.33. The number of thiocarbonyl (C=S) groups is 1. The quantitative estimate of drug-likeness (QED) is 0.643. The molecule has 0 radical (unpaired) electrons. The van der Waals surface area contributed by atoms with E-state index in [1.165, 1.54) is 13.2 Å². The molecule has 1 aliphatic heterocycles. The summed E-state index contributed by atoms with van der Waals surface area (Å²) >= 11 is 5.98. The van der Waals surface area contributed by atoms with E-state index in [4.69, 9.17) is 22.1 Å². The van der Waals surface area contributed by atoms with Crippen molar-refractivity contribution in [3.05, 3.63) is 28.7 Å². The maximum atomic E-state index is 12.1. The molecule has 6 nitrogen and oxygen atoms in total. The van der Waals surface area contributed by atoms with Gasteiger partial charge >= 0.3 is 5.97 Å². The summed E-state index contributed by atoms with van der Waals surface area (Å²) in [6.07, 6.45) is 1.46. The number of rotatable bonds is 4. The molecule has 21 heavy (non-hydrogen) atoms. The Kier molecular flexibility index (Phi) is 4.49. The van der Waals surface area contributed by atoms with Crippen molar-refractivity contribution >= 4 is 46.3 Å². The maximum absolute atomic E-state index is 12.1. The molecule has 1 aromatic rings. The summed E-state index contributed by atoms with van der Waals surface area (Å²) in [7, 11) is 1.42. The van der Waals surface area contributed by atoms with Crippen molar-refractivity contribution in [2.24, 2.45) is 0 Å². The van der Waals surface area contributed by atoms with Crippen LogP contribution in [0.25, 0.3) is 6.08 Å². The lowest BCUT2D eigenvalue weighted by Gasteiger charge is -2.10. The third-order valence-electron chi connectivity index (χ3n) is 2.70. The van der Waals surface area contributed by atoms with Crippen molar-refractivity contribution in [2.75, 3.05) is 13.7 Å². The van der Waals surface area contributed by atoms with E-state index in [9.17, 15) is 14.7 Å². The number of carboxylic acid groups (broad SMARTS) is 1. The van der Waals surface area contributed by atoms with Crippen molar-refractivity contribution in [2.45, 2.75) is 0 Å². The second-order valence-electron chi connectivity index (χ2n) is 4.06. The monoisotopic (exact) mass is 325 g/mol. The topological polar surface area (TPSA) is 87.1 Å². The number of carbonyl (C=O) groups is 2. The van der Waals surface area contributed by atoms with E-state index in [1.54, 1.807) is 18.2 Å². The van der Waals surface area contributed by atoms with Crippen LogP contribution in [-0.4, -0.2) is 45.0 Å². The number of methoxy groups -OCH3 is 1. The van der Waals surface area contributed by atoms with Gasteiger partial charge in [0, 0.05) is 5.56 Å². The molecule has 1 heterocycles. The Hall–Kier alpha value is -2.06. The number of benzene rings is 1. The second-order valence-corrected chi connectivity index (χ2v) is 5.74. The first-order valence-electron chi connectivity index (χ1n) is 5.77. The number of hydrogen-bond donors (Lipinski definition) is 2. The molecule has 0 aromatic heterocycles. The number of thioether (sulfide) groups is 1. The standard InChI is InChI=1S/C13H11NO5S2/c1-19-8-4-2-3-7(11(8)17)5-9-12(18)14(6-10(15)16)13(20)21-9/h2-5,17H,6H2,1H3,(H,15,16). The number of carboxylic acids is 1. The van der Waals surface area contributed by atoms with Gasteiger partial charge in [-0.2, -0.15) is 0 Å². The highest BCUT2D eigenvalue weighted by molar-refractivity contribution is 8.26. The summed E-state index contributed by atoms with van der Waals surface area (Å²) in [5, 5.41) is 18.7. The molecule has 0 aliphatic carbocycles. The van der Waals surface area contributed by atoms with Crippen LogP contribution in [0.4, 0.5) is 0 Å². The van der Waals surface area contributed by atoms with Gasteiger partial charge in [0.2, 0.25) is 0 Å². The van der Waals surface area contributed by atoms with E-state index >= 15 is 0 Å². The average molecular weight is 325 g/mol. The molecule has 1 saturated heterocycles. The number of aliphatic carboxylic acids is 1. The van der Waals surface area contributed by atoms with Gasteiger partial charge in [0.15, 0.2) is 11.5 Å². The van der Waals surface area contributed by atoms with Crippen LogP contribution >= 0.6 is 24.0 Å². The highest BCUT2D eigenvalue weighted by atomic mass is 32.2. The smallest absolute Gasteiger partial charge is 0.323 e. The number of amides is 1. The second kappa shape index (κ2) is 6.15. The van der Waals surface area contributed by atoms with Gasteiger partial charge in [-0.25, -0.2) is 0 Å². The Morgan fingerprint density at radius 1 is 1.52 bits per heavy atom. The van der Waals surface area contributed by atoms with Crippen LogP contribution in [0.15, 0.2) is 23.1 Å². The molecule has 0 saturated carbocycles. The van der Waals surface area contributed by atoms with Gasteiger partial charge in [0.05, 0.1) is 12.0 Å². The first kappa shape index (κ1) is 15.3. The van der Waals surface area contributed by atoms with Crippen molar-refractivity contribution in [3.8, 4) is 11.5 Å². The lowest BCUT2D eigenvalue weighted by molar-refractivity contribution is -0.140. The van der Waals surface area contributed by atoms with Crippen LogP contribution in [0.3, 0.4) is 0 Å². The fourth-order valence-electron chi connectivity index (χ4n) is 1.73. The van der Waals surface area contributed by atoms with Crippen molar-refractivity contribution in [1.82, 2.24) is 4.90 Å². The predicted octanol–water partition coefficient (Wildman–Crippen LogP) is 1.69. The molecule has 0 unspecified atom stereocenters. The average Bonchev–Trinajstić information content (AvgIpc) is 2.68. The van der Waals surface area contributed by atoms with E-state index in [-0.39, 0.29) is 20.7 Å². The van der Waals surface area contributed by atoms with Crippen molar-refractivity contribution in [1.29, 1.82) is 0 Å². The molecule has 110 valence electrons. The third kappa shape index (κ3) is 3.17. The van der Waals surface area contributed by atoms with E-state index in [0.29, 0.717) is 5.56 Å². The van der Waals surface area contributed by atoms with Gasteiger partial charge in [-0.3, -0.25) is 14.5 Å². The minimum absolute atomic E-state index is 0.0940. The van der Waals surface area contributed by atoms with Gasteiger partial charge in [-0.05, 0) is 12.1 Å². The van der Waals surface area contributed by atoms with E-state index in [1.807, 2.05) is 0 Å². The summed E-state index contributed by atoms with van der Waals surface area (Å²) in [4.78, 5) is 24.1. The van der Waals surface area contributed by atoms with Gasteiger partial charge < -0.3 is 14.9 Å². The number of para-hydroxylation sites is 1. The molecule has 0 atom stereocenters. The van der Waals surface area contributed by atoms with Gasteiger partial charge in [-0.1, -0.05) is 36.1 Å². The SMILES string of the molecule is COc1cccc(C=C2SC(=S)N(CC(=O)O)C2=O)c1O. The molecule has 0 bridgehead atoms. The first-order valence-corrected chi connectivity index (χ1v) is 6.99. The number of phenolic OH excluding ortho intramolecular Hbond substituents is 1. The van der Waals surface area contributed by atoms with E-state index in [2.05, 4.69) is 0 Å². The fraction of sp³-hybridized carbons (Fsp3) is 0.154. The highest BCUT2D eigenvalue weighted by Crippen LogP contribution is 2.36. The number of hydrogen-bond acceptors (Lipinski definition) is 6. The number of ether oxygens (including phenoxy) is 1. The number of carbonyl (C=O) groups excluding carboxylic acids is 1. The molecule has 1 aromatic carbocycles. The molecule has 2 N–H and O–H groups in total. The summed E-state index contributed by atoms with van der Waals surface area (Å²) in [6, 6.07) is 4.87. The number of aromatic hydroxyl groups is 1. The molecular weight excluding hydrogens is 314 g/mol. The van der Waals surface area contributed by atoms with Crippen molar-refractivity contribution < 1.29 is 24.5 Å². The van der Waals surface area contributed by atoms with Crippen molar-refractivity contribution in [3.63, 3.8) is 0 Å². The van der Waals surface area contributed by atoms with Crippen LogP contribution in [0, 0.1) is 0 Å². The van der Waals surface area contributed by atoms with Crippen LogP contribution in [0.5, 0.6) is 11.5 Å². The fourth-order valence-corrected chi connectivity index (χ4v) is 2.98. The molecule has 1 fully saturated rings. The molecule has 1 amide bonds. The number of phenols is 1. The summed E-state index contributed by atoms with van der Waals surface area (Å²) in [6.45, 7) is -0.480. The Bertz CT molecular complexity index is 656. The molecule has 8 heteroatoms.